The molecule has 2 aromatic heterocycles. The van der Waals surface area contributed by atoms with Gasteiger partial charge in [-0.2, -0.15) is 5.26 Å². The zero-order valence-corrected chi connectivity index (χ0v) is 15.2. The number of hydrogen-bond acceptors (Lipinski definition) is 2. The lowest BCUT2D eigenvalue weighted by atomic mass is 10.1. The van der Waals surface area contributed by atoms with Crippen LogP contribution in [0.25, 0.3) is 28.2 Å². The molecule has 130 valence electrons. The first-order chi connectivity index (χ1) is 13.2. The monoisotopic (exact) mass is 349 g/mol. The summed E-state index contributed by atoms with van der Waals surface area (Å²) in [6.07, 6.45) is 3.85. The molecule has 0 aliphatic heterocycles. The number of benzene rings is 2. The van der Waals surface area contributed by atoms with Crippen LogP contribution in [0.3, 0.4) is 0 Å². The molecule has 0 aliphatic rings. The van der Waals surface area contributed by atoms with Crippen molar-refractivity contribution in [3.63, 3.8) is 0 Å². The van der Waals surface area contributed by atoms with E-state index in [-0.39, 0.29) is 0 Å². The second-order valence-electron chi connectivity index (χ2n) is 6.69. The van der Waals surface area contributed by atoms with Gasteiger partial charge in [-0.15, -0.1) is 0 Å². The molecule has 2 heterocycles. The highest BCUT2D eigenvalue weighted by Crippen LogP contribution is 2.26. The number of hydrogen-bond donors (Lipinski definition) is 0. The minimum Gasteiger partial charge on any atom is -0.343 e. The minimum absolute atomic E-state index is 0.402. The molecule has 0 atom stereocenters. The first-order valence-corrected chi connectivity index (χ1v) is 8.86. The third-order valence-corrected chi connectivity index (χ3v) is 4.74. The summed E-state index contributed by atoms with van der Waals surface area (Å²) >= 11 is 0. The first-order valence-electron chi connectivity index (χ1n) is 8.86. The molecular weight excluding hydrogens is 330 g/mol. The summed E-state index contributed by atoms with van der Waals surface area (Å²) < 4.78 is 2.25. The molecule has 0 amide bonds. The molecule has 0 fully saturated rings. The largest absolute Gasteiger partial charge is 0.343 e. The fraction of sp³-hybridized carbons (Fsp3) is 0.0833. The second kappa shape index (κ2) is 6.93. The molecule has 0 saturated carbocycles. The molecule has 0 aliphatic carbocycles. The van der Waals surface area contributed by atoms with Gasteiger partial charge >= 0.3 is 0 Å². The normalized spacial score (nSPS) is 10.7. The van der Waals surface area contributed by atoms with Gasteiger partial charge in [0, 0.05) is 29.2 Å². The van der Waals surface area contributed by atoms with Gasteiger partial charge < -0.3 is 4.57 Å². The van der Waals surface area contributed by atoms with Gasteiger partial charge in [0.1, 0.15) is 11.8 Å². The summed E-state index contributed by atoms with van der Waals surface area (Å²) in [6, 6.07) is 22.9. The fourth-order valence-corrected chi connectivity index (χ4v) is 3.26. The van der Waals surface area contributed by atoms with E-state index >= 15 is 0 Å². The van der Waals surface area contributed by atoms with Gasteiger partial charge in [0.25, 0.3) is 0 Å². The summed E-state index contributed by atoms with van der Waals surface area (Å²) in [4.78, 5) is 4.44. The molecule has 4 aromatic rings. The van der Waals surface area contributed by atoms with Crippen LogP contribution in [0, 0.1) is 18.3 Å². The molecule has 0 unspecified atom stereocenters. The highest BCUT2D eigenvalue weighted by molar-refractivity contribution is 5.85. The van der Waals surface area contributed by atoms with Gasteiger partial charge in [-0.3, -0.25) is 0 Å². The van der Waals surface area contributed by atoms with Crippen molar-refractivity contribution in [1.82, 2.24) is 9.55 Å². The molecule has 2 aromatic carbocycles. The Labute approximate surface area is 158 Å². The molecule has 0 saturated heterocycles. The Morgan fingerprint density at radius 2 is 1.89 bits per heavy atom. The zero-order chi connectivity index (χ0) is 18.8. The Morgan fingerprint density at radius 3 is 2.63 bits per heavy atom. The standard InChI is InChI=1S/C24H19N3/c1-3-18-12-22(15-25)26-23(13-18)20-8-9-24-21(14-20)10-11-27(24)16-19-6-4-17(2)5-7-19/h3-14H,1,16H2,2H3. The van der Waals surface area contributed by atoms with Crippen LogP contribution in [0.15, 0.2) is 73.4 Å². The van der Waals surface area contributed by atoms with Crippen LogP contribution < -0.4 is 0 Å². The number of nitrogens with zero attached hydrogens (tertiary/aromatic N) is 3. The SMILES string of the molecule is C=Cc1cc(C#N)nc(-c2ccc3c(ccn3Cc3ccc(C)cc3)c2)c1. The van der Waals surface area contributed by atoms with Crippen molar-refractivity contribution in [1.29, 1.82) is 5.26 Å². The number of fused-ring (bicyclic) bond motifs is 1. The van der Waals surface area contributed by atoms with Crippen LogP contribution in [-0.2, 0) is 6.54 Å². The van der Waals surface area contributed by atoms with E-state index in [1.165, 1.54) is 16.6 Å². The van der Waals surface area contributed by atoms with Crippen molar-refractivity contribution >= 4 is 17.0 Å². The molecule has 3 heteroatoms. The van der Waals surface area contributed by atoms with Gasteiger partial charge in [0.2, 0.25) is 0 Å². The lowest BCUT2D eigenvalue weighted by Crippen LogP contribution is -1.97. The van der Waals surface area contributed by atoms with Gasteiger partial charge in [0.05, 0.1) is 5.69 Å². The van der Waals surface area contributed by atoms with E-state index in [1.807, 2.05) is 6.07 Å². The lowest BCUT2D eigenvalue weighted by molar-refractivity contribution is 0.836. The molecule has 0 bridgehead atoms. The van der Waals surface area contributed by atoms with Crippen molar-refractivity contribution in [3.8, 4) is 17.3 Å². The molecule has 0 N–H and O–H groups in total. The topological polar surface area (TPSA) is 41.6 Å². The summed E-state index contributed by atoms with van der Waals surface area (Å²) in [5, 5.41) is 10.4. The average Bonchev–Trinajstić information content (AvgIpc) is 3.11. The zero-order valence-electron chi connectivity index (χ0n) is 15.2. The predicted octanol–water partition coefficient (Wildman–Crippen LogP) is 5.57. The third-order valence-electron chi connectivity index (χ3n) is 4.74. The maximum absolute atomic E-state index is 9.21. The molecular formula is C24H19N3. The van der Waals surface area contributed by atoms with Crippen molar-refractivity contribution in [2.75, 3.05) is 0 Å². The number of pyridine rings is 1. The van der Waals surface area contributed by atoms with Crippen LogP contribution >= 0.6 is 0 Å². The van der Waals surface area contributed by atoms with Crippen molar-refractivity contribution in [2.24, 2.45) is 0 Å². The van der Waals surface area contributed by atoms with E-state index in [9.17, 15) is 5.26 Å². The summed E-state index contributed by atoms with van der Waals surface area (Å²) in [7, 11) is 0. The average molecular weight is 349 g/mol. The summed E-state index contributed by atoms with van der Waals surface area (Å²) in [5.41, 5.74) is 6.81. The van der Waals surface area contributed by atoms with Crippen LogP contribution in [0.1, 0.15) is 22.4 Å². The van der Waals surface area contributed by atoms with E-state index in [4.69, 9.17) is 0 Å². The van der Waals surface area contributed by atoms with Crippen molar-refractivity contribution in [2.45, 2.75) is 13.5 Å². The van der Waals surface area contributed by atoms with Gasteiger partial charge in [-0.25, -0.2) is 4.98 Å². The van der Waals surface area contributed by atoms with E-state index in [0.29, 0.717) is 5.69 Å². The Kier molecular flexibility index (Phi) is 4.32. The van der Waals surface area contributed by atoms with Crippen molar-refractivity contribution in [3.05, 3.63) is 95.8 Å². The molecule has 4 rings (SSSR count). The summed E-state index contributed by atoms with van der Waals surface area (Å²) in [6.45, 7) is 6.74. The van der Waals surface area contributed by atoms with Gasteiger partial charge in [-0.05, 0) is 48.4 Å². The van der Waals surface area contributed by atoms with E-state index < -0.39 is 0 Å². The van der Waals surface area contributed by atoms with Crippen LogP contribution in [0.4, 0.5) is 0 Å². The van der Waals surface area contributed by atoms with Gasteiger partial charge in [0.15, 0.2) is 0 Å². The van der Waals surface area contributed by atoms with Crippen molar-refractivity contribution < 1.29 is 0 Å². The van der Waals surface area contributed by atoms with E-state index in [2.05, 4.69) is 83.9 Å². The molecule has 27 heavy (non-hydrogen) atoms. The maximum Gasteiger partial charge on any atom is 0.141 e. The Balaban J connectivity index is 1.71. The highest BCUT2D eigenvalue weighted by atomic mass is 14.9. The predicted molar refractivity (Wildman–Crippen MR) is 110 cm³/mol. The highest BCUT2D eigenvalue weighted by Gasteiger charge is 2.07. The fourth-order valence-electron chi connectivity index (χ4n) is 3.26. The second-order valence-corrected chi connectivity index (χ2v) is 6.69. The number of aromatic nitrogens is 2. The van der Waals surface area contributed by atoms with Crippen LogP contribution in [0.5, 0.6) is 0 Å². The minimum atomic E-state index is 0.402. The number of nitriles is 1. The summed E-state index contributed by atoms with van der Waals surface area (Å²) in [5.74, 6) is 0. The smallest absolute Gasteiger partial charge is 0.141 e. The lowest BCUT2D eigenvalue weighted by Gasteiger charge is -2.08. The van der Waals surface area contributed by atoms with Crippen LogP contribution in [-0.4, -0.2) is 9.55 Å². The van der Waals surface area contributed by atoms with Gasteiger partial charge in [-0.1, -0.05) is 48.6 Å². The van der Waals surface area contributed by atoms with E-state index in [0.717, 1.165) is 28.8 Å². The Morgan fingerprint density at radius 1 is 1.07 bits per heavy atom. The Bertz CT molecular complexity index is 1170. The van der Waals surface area contributed by atoms with Crippen LogP contribution in [0.2, 0.25) is 0 Å². The molecule has 0 radical (unpaired) electrons. The number of rotatable bonds is 4. The maximum atomic E-state index is 9.21. The Hall–Kier alpha value is -3.64. The molecule has 0 spiro atoms. The molecule has 3 nitrogen and oxygen atoms in total. The number of aryl methyl sites for hydroxylation is 1. The third kappa shape index (κ3) is 3.38. The van der Waals surface area contributed by atoms with E-state index in [1.54, 1.807) is 12.1 Å². The first kappa shape index (κ1) is 16.8. The quantitative estimate of drug-likeness (QED) is 0.483.